The van der Waals surface area contributed by atoms with E-state index in [0.29, 0.717) is 5.56 Å². The van der Waals surface area contributed by atoms with Gasteiger partial charge in [-0.25, -0.2) is 13.2 Å². The van der Waals surface area contributed by atoms with Gasteiger partial charge in [0.15, 0.2) is 0 Å². The Balaban J connectivity index is 3.11. The van der Waals surface area contributed by atoms with Gasteiger partial charge in [-0.05, 0) is 51.5 Å². The second kappa shape index (κ2) is 7.43. The second-order valence-electron chi connectivity index (χ2n) is 5.91. The largest absolute Gasteiger partial charge is 0.457 e. The highest BCUT2D eigenvalue weighted by Gasteiger charge is 2.18. The van der Waals surface area contributed by atoms with E-state index in [-0.39, 0.29) is 17.1 Å². The first-order chi connectivity index (χ1) is 10.9. The molecule has 0 saturated heterocycles. The molecule has 0 unspecified atom stereocenters. The summed E-state index contributed by atoms with van der Waals surface area (Å²) in [6, 6.07) is 3.86. The van der Waals surface area contributed by atoms with Gasteiger partial charge in [0.05, 0.1) is 10.7 Å². The van der Waals surface area contributed by atoms with E-state index in [0.717, 1.165) is 0 Å². The number of esters is 1. The quantitative estimate of drug-likeness (QED) is 0.363. The maximum Gasteiger partial charge on any atom is 0.331 e. The molecule has 0 spiro atoms. The highest BCUT2D eigenvalue weighted by Crippen LogP contribution is 2.27. The number of carbonyl (C=O) groups excluding carboxylic acids is 1. The number of carbonyl (C=O) groups is 1. The summed E-state index contributed by atoms with van der Waals surface area (Å²) in [4.78, 5) is 22.0. The van der Waals surface area contributed by atoms with Crippen LogP contribution in [-0.2, 0) is 19.6 Å². The summed E-state index contributed by atoms with van der Waals surface area (Å²) < 4.78 is 30.6. The van der Waals surface area contributed by atoms with E-state index in [4.69, 9.17) is 4.74 Å². The molecule has 24 heavy (non-hydrogen) atoms. The summed E-state index contributed by atoms with van der Waals surface area (Å²) in [6.45, 7) is 6.59. The Kier molecular flexibility index (Phi) is 6.08. The monoisotopic (exact) mass is 356 g/mol. The summed E-state index contributed by atoms with van der Waals surface area (Å²) in [6.07, 6.45) is 2.56. The molecule has 0 heterocycles. The number of hydrogen-bond acceptors (Lipinski definition) is 6. The lowest BCUT2D eigenvalue weighted by Gasteiger charge is -2.17. The number of nitrogens with zero attached hydrogens (tertiary/aromatic N) is 1. The van der Waals surface area contributed by atoms with Gasteiger partial charge in [-0.2, -0.15) is 0 Å². The Labute approximate surface area is 140 Å². The number of anilines is 1. The minimum absolute atomic E-state index is 0.159. The topological polar surface area (TPSA) is 116 Å². The summed E-state index contributed by atoms with van der Waals surface area (Å²) in [5.41, 5.74) is -0.756. The first-order valence-electron chi connectivity index (χ1n) is 7.13. The second-order valence-corrected chi connectivity index (χ2v) is 7.92. The van der Waals surface area contributed by atoms with Crippen LogP contribution < -0.4 is 4.72 Å². The van der Waals surface area contributed by atoms with Crippen molar-refractivity contribution in [3.8, 4) is 0 Å². The standard InChI is InChI=1S/C15H20N2O6S/c1-5-24(21,22)16-12-10-11(6-8-13(12)17(19)20)7-9-14(18)23-15(2,3)4/h6-10,16H,5H2,1-4H3/b9-7+. The van der Waals surface area contributed by atoms with Crippen molar-refractivity contribution in [1.82, 2.24) is 0 Å². The number of nitrogens with one attached hydrogen (secondary N) is 1. The molecular weight excluding hydrogens is 336 g/mol. The van der Waals surface area contributed by atoms with E-state index in [9.17, 15) is 23.3 Å². The van der Waals surface area contributed by atoms with Crippen LogP contribution in [0.3, 0.4) is 0 Å². The molecule has 9 heteroatoms. The van der Waals surface area contributed by atoms with E-state index >= 15 is 0 Å². The zero-order chi connectivity index (χ0) is 18.5. The van der Waals surface area contributed by atoms with Gasteiger partial charge in [-0.3, -0.25) is 14.8 Å². The van der Waals surface area contributed by atoms with Gasteiger partial charge >= 0.3 is 5.97 Å². The summed E-state index contributed by atoms with van der Waals surface area (Å²) in [5, 5.41) is 11.0. The van der Waals surface area contributed by atoms with Crippen LogP contribution in [0.2, 0.25) is 0 Å². The van der Waals surface area contributed by atoms with Crippen LogP contribution in [0.25, 0.3) is 6.08 Å². The van der Waals surface area contributed by atoms with Crippen molar-refractivity contribution in [2.75, 3.05) is 10.5 Å². The number of sulfonamides is 1. The van der Waals surface area contributed by atoms with Crippen LogP contribution in [-0.4, -0.2) is 30.7 Å². The van der Waals surface area contributed by atoms with E-state index < -0.39 is 26.5 Å². The third kappa shape index (κ3) is 6.37. The third-order valence-electron chi connectivity index (χ3n) is 2.68. The number of nitro groups is 1. The molecule has 0 radical (unpaired) electrons. The Morgan fingerprint density at radius 3 is 2.50 bits per heavy atom. The SMILES string of the molecule is CCS(=O)(=O)Nc1cc(/C=C/C(=O)OC(C)(C)C)ccc1[N+](=O)[O-]. The fourth-order valence-electron chi connectivity index (χ4n) is 1.64. The molecule has 8 nitrogen and oxygen atoms in total. The predicted molar refractivity (Wildman–Crippen MR) is 91.1 cm³/mol. The van der Waals surface area contributed by atoms with Gasteiger partial charge in [-0.15, -0.1) is 0 Å². The minimum Gasteiger partial charge on any atom is -0.457 e. The minimum atomic E-state index is -3.67. The normalized spacial score (nSPS) is 12.2. The van der Waals surface area contributed by atoms with Crippen molar-refractivity contribution in [2.45, 2.75) is 33.3 Å². The van der Waals surface area contributed by atoms with Gasteiger partial charge in [0.2, 0.25) is 10.0 Å². The first-order valence-corrected chi connectivity index (χ1v) is 8.79. The van der Waals surface area contributed by atoms with Crippen LogP contribution in [0.1, 0.15) is 33.3 Å². The lowest BCUT2D eigenvalue weighted by atomic mass is 10.1. The molecule has 1 N–H and O–H groups in total. The maximum atomic E-state index is 11.7. The predicted octanol–water partition coefficient (Wildman–Crippen LogP) is 2.71. The van der Waals surface area contributed by atoms with Gasteiger partial charge in [-0.1, -0.05) is 0 Å². The van der Waals surface area contributed by atoms with E-state index in [1.807, 2.05) is 0 Å². The lowest BCUT2D eigenvalue weighted by Crippen LogP contribution is -2.22. The molecule has 0 aliphatic rings. The highest BCUT2D eigenvalue weighted by molar-refractivity contribution is 7.92. The zero-order valence-corrected chi connectivity index (χ0v) is 14.7. The zero-order valence-electron chi connectivity index (χ0n) is 13.9. The molecule has 0 aliphatic heterocycles. The molecule has 0 fully saturated rings. The van der Waals surface area contributed by atoms with Crippen LogP contribution in [0.15, 0.2) is 24.3 Å². The number of ether oxygens (including phenoxy) is 1. The molecule has 1 aromatic rings. The number of hydrogen-bond donors (Lipinski definition) is 1. The molecule has 1 aromatic carbocycles. The van der Waals surface area contributed by atoms with Gasteiger partial charge in [0.1, 0.15) is 11.3 Å². The Morgan fingerprint density at radius 1 is 1.38 bits per heavy atom. The van der Waals surface area contributed by atoms with Crippen molar-refractivity contribution < 1.29 is 22.9 Å². The number of nitro benzene ring substituents is 1. The molecule has 132 valence electrons. The van der Waals surface area contributed by atoms with Gasteiger partial charge in [0.25, 0.3) is 5.69 Å². The van der Waals surface area contributed by atoms with E-state index in [1.54, 1.807) is 20.8 Å². The molecule has 0 bridgehead atoms. The maximum absolute atomic E-state index is 11.7. The van der Waals surface area contributed by atoms with Gasteiger partial charge in [0, 0.05) is 12.1 Å². The smallest absolute Gasteiger partial charge is 0.331 e. The fourth-order valence-corrected chi connectivity index (χ4v) is 2.28. The van der Waals surface area contributed by atoms with Crippen LogP contribution in [0, 0.1) is 10.1 Å². The molecule has 0 amide bonds. The Hall–Kier alpha value is -2.42. The Morgan fingerprint density at radius 2 is 2.00 bits per heavy atom. The average molecular weight is 356 g/mol. The van der Waals surface area contributed by atoms with Crippen molar-refractivity contribution >= 4 is 33.4 Å². The van der Waals surface area contributed by atoms with Crippen LogP contribution in [0.5, 0.6) is 0 Å². The highest BCUT2D eigenvalue weighted by atomic mass is 32.2. The lowest BCUT2D eigenvalue weighted by molar-refractivity contribution is -0.383. The third-order valence-corrected chi connectivity index (χ3v) is 3.97. The Bertz CT molecular complexity index is 763. The van der Waals surface area contributed by atoms with Crippen molar-refractivity contribution in [3.63, 3.8) is 0 Å². The molecular formula is C15H20N2O6S. The average Bonchev–Trinajstić information content (AvgIpc) is 2.42. The first kappa shape index (κ1) is 19.6. The fraction of sp³-hybridized carbons (Fsp3) is 0.400. The number of benzene rings is 1. The van der Waals surface area contributed by atoms with Crippen molar-refractivity contribution in [2.24, 2.45) is 0 Å². The number of rotatable bonds is 6. The van der Waals surface area contributed by atoms with Crippen LogP contribution >= 0.6 is 0 Å². The summed E-state index contributed by atoms with van der Waals surface area (Å²) in [5.74, 6) is -0.793. The molecule has 0 aromatic heterocycles. The van der Waals surface area contributed by atoms with Gasteiger partial charge < -0.3 is 4.74 Å². The van der Waals surface area contributed by atoms with Crippen molar-refractivity contribution in [3.05, 3.63) is 40.0 Å². The molecule has 0 saturated carbocycles. The molecule has 0 atom stereocenters. The molecule has 1 rings (SSSR count). The summed E-state index contributed by atoms with van der Waals surface area (Å²) in [7, 11) is -3.67. The van der Waals surface area contributed by atoms with E-state index in [2.05, 4.69) is 4.72 Å². The van der Waals surface area contributed by atoms with Crippen LogP contribution in [0.4, 0.5) is 11.4 Å². The van der Waals surface area contributed by atoms with Crippen molar-refractivity contribution in [1.29, 1.82) is 0 Å². The van der Waals surface area contributed by atoms with E-state index in [1.165, 1.54) is 37.3 Å². The molecule has 0 aliphatic carbocycles. The summed E-state index contributed by atoms with van der Waals surface area (Å²) >= 11 is 0.